The smallest absolute Gasteiger partial charge is 0.306 e. The van der Waals surface area contributed by atoms with Crippen molar-refractivity contribution in [1.29, 1.82) is 0 Å². The Bertz CT molecular complexity index is 1610. The summed E-state index contributed by atoms with van der Waals surface area (Å²) in [6, 6.07) is 0. The second kappa shape index (κ2) is 70.8. The van der Waals surface area contributed by atoms with Gasteiger partial charge in [-0.1, -0.05) is 330 Å². The lowest BCUT2D eigenvalue weighted by Crippen LogP contribution is -2.30. The van der Waals surface area contributed by atoms with Gasteiger partial charge in [0.15, 0.2) is 6.10 Å². The molecule has 0 aliphatic carbocycles. The third-order valence-electron chi connectivity index (χ3n) is 15.6. The van der Waals surface area contributed by atoms with E-state index < -0.39 is 6.10 Å². The lowest BCUT2D eigenvalue weighted by molar-refractivity contribution is -0.167. The fraction of sp³-hybridized carbons (Fsp3) is 0.753. The summed E-state index contributed by atoms with van der Waals surface area (Å²) in [4.78, 5) is 38.5. The SMILES string of the molecule is CC/C=C\C/C=C\C/C=C\C/C=C\C/C=C\CCCCCCCC(=O)OC(COC(=O)CCCCCCCC/C=C\C/C=C\C/C=C\CCCCCCC)COC(=O)CCCCCCCCCCCCCCCCCCCCCCCCC. The zero-order valence-corrected chi connectivity index (χ0v) is 54.9. The molecule has 0 N–H and O–H groups in total. The minimum atomic E-state index is -0.796. The zero-order valence-electron chi connectivity index (χ0n) is 54.9. The number of rotatable bonds is 65. The molecule has 0 heterocycles. The number of carbonyl (C=O) groups is 3. The van der Waals surface area contributed by atoms with Gasteiger partial charge in [-0.05, 0) is 103 Å². The molecular weight excluding hydrogens is 1020 g/mol. The molecule has 1 unspecified atom stereocenters. The minimum Gasteiger partial charge on any atom is -0.462 e. The Kier molecular flexibility index (Phi) is 67.7. The van der Waals surface area contributed by atoms with E-state index in [0.717, 1.165) is 128 Å². The van der Waals surface area contributed by atoms with Crippen LogP contribution in [-0.2, 0) is 28.6 Å². The average Bonchev–Trinajstić information content (AvgIpc) is 3.49. The summed E-state index contributed by atoms with van der Waals surface area (Å²) in [6.07, 6.45) is 95.7. The fourth-order valence-corrected chi connectivity index (χ4v) is 10.2. The van der Waals surface area contributed by atoms with E-state index in [2.05, 4.69) is 118 Å². The second-order valence-electron chi connectivity index (χ2n) is 23.8. The molecule has 0 rings (SSSR count). The van der Waals surface area contributed by atoms with Crippen molar-refractivity contribution >= 4 is 17.9 Å². The number of carbonyl (C=O) groups excluding carboxylic acids is 3. The van der Waals surface area contributed by atoms with Gasteiger partial charge in [0, 0.05) is 19.3 Å². The van der Waals surface area contributed by atoms with Crippen molar-refractivity contribution in [2.75, 3.05) is 13.2 Å². The van der Waals surface area contributed by atoms with E-state index in [0.29, 0.717) is 19.3 Å². The molecule has 83 heavy (non-hydrogen) atoms. The minimum absolute atomic E-state index is 0.0874. The van der Waals surface area contributed by atoms with Crippen LogP contribution < -0.4 is 0 Å². The van der Waals surface area contributed by atoms with Gasteiger partial charge in [-0.2, -0.15) is 0 Å². The van der Waals surface area contributed by atoms with Crippen LogP contribution in [0.1, 0.15) is 355 Å². The highest BCUT2D eigenvalue weighted by atomic mass is 16.6. The third kappa shape index (κ3) is 69.0. The molecule has 0 aliphatic rings. The zero-order chi connectivity index (χ0) is 59.9. The average molecular weight is 1160 g/mol. The largest absolute Gasteiger partial charge is 0.462 e. The van der Waals surface area contributed by atoms with Gasteiger partial charge in [-0.3, -0.25) is 14.4 Å². The molecule has 6 nitrogen and oxygen atoms in total. The molecule has 6 heteroatoms. The van der Waals surface area contributed by atoms with Gasteiger partial charge >= 0.3 is 17.9 Å². The summed E-state index contributed by atoms with van der Waals surface area (Å²) in [5.41, 5.74) is 0. The molecule has 0 aromatic rings. The summed E-state index contributed by atoms with van der Waals surface area (Å²) in [5, 5.41) is 0. The van der Waals surface area contributed by atoms with Gasteiger partial charge < -0.3 is 14.2 Å². The van der Waals surface area contributed by atoms with Crippen molar-refractivity contribution in [2.45, 2.75) is 361 Å². The lowest BCUT2D eigenvalue weighted by atomic mass is 10.0. The van der Waals surface area contributed by atoms with E-state index in [1.54, 1.807) is 0 Å². The first-order chi connectivity index (χ1) is 41.0. The summed E-state index contributed by atoms with van der Waals surface area (Å²) in [6.45, 7) is 6.54. The van der Waals surface area contributed by atoms with Crippen LogP contribution in [0.5, 0.6) is 0 Å². The Hall–Kier alpha value is -3.67. The number of hydrogen-bond donors (Lipinski definition) is 0. The van der Waals surface area contributed by atoms with E-state index in [-0.39, 0.29) is 31.1 Å². The maximum Gasteiger partial charge on any atom is 0.306 e. The monoisotopic (exact) mass is 1160 g/mol. The molecule has 0 bridgehead atoms. The van der Waals surface area contributed by atoms with Crippen LogP contribution in [0.2, 0.25) is 0 Å². The van der Waals surface area contributed by atoms with E-state index in [1.165, 1.54) is 186 Å². The van der Waals surface area contributed by atoms with Crippen LogP contribution in [0.3, 0.4) is 0 Å². The van der Waals surface area contributed by atoms with E-state index >= 15 is 0 Å². The van der Waals surface area contributed by atoms with Crippen LogP contribution in [0, 0.1) is 0 Å². The normalized spacial score (nSPS) is 12.7. The molecule has 0 spiro atoms. The molecule has 0 fully saturated rings. The summed E-state index contributed by atoms with van der Waals surface area (Å²) < 4.78 is 17.0. The number of esters is 3. The molecule has 0 saturated heterocycles. The van der Waals surface area contributed by atoms with E-state index in [9.17, 15) is 14.4 Å². The van der Waals surface area contributed by atoms with Gasteiger partial charge in [0.25, 0.3) is 0 Å². The van der Waals surface area contributed by atoms with Crippen molar-refractivity contribution in [3.63, 3.8) is 0 Å². The first kappa shape index (κ1) is 79.3. The Morgan fingerprint density at radius 2 is 0.470 bits per heavy atom. The van der Waals surface area contributed by atoms with Gasteiger partial charge in [0.1, 0.15) is 13.2 Å². The number of hydrogen-bond acceptors (Lipinski definition) is 6. The van der Waals surface area contributed by atoms with Gasteiger partial charge in [-0.15, -0.1) is 0 Å². The topological polar surface area (TPSA) is 78.9 Å². The van der Waals surface area contributed by atoms with Gasteiger partial charge in [0.2, 0.25) is 0 Å². The lowest BCUT2D eigenvalue weighted by Gasteiger charge is -2.18. The number of ether oxygens (including phenoxy) is 3. The Morgan fingerprint density at radius 3 is 0.735 bits per heavy atom. The third-order valence-corrected chi connectivity index (χ3v) is 15.6. The highest BCUT2D eigenvalue weighted by Crippen LogP contribution is 2.18. The molecular formula is C77H134O6. The van der Waals surface area contributed by atoms with E-state index in [1.807, 2.05) is 0 Å². The van der Waals surface area contributed by atoms with Crippen LogP contribution in [0.15, 0.2) is 97.2 Å². The molecule has 0 aromatic carbocycles. The highest BCUT2D eigenvalue weighted by Gasteiger charge is 2.19. The maximum absolute atomic E-state index is 13.0. The van der Waals surface area contributed by atoms with Crippen molar-refractivity contribution in [3.05, 3.63) is 97.2 Å². The van der Waals surface area contributed by atoms with Crippen molar-refractivity contribution in [3.8, 4) is 0 Å². The van der Waals surface area contributed by atoms with Crippen LogP contribution >= 0.6 is 0 Å². The molecule has 0 radical (unpaired) electrons. The molecule has 0 aliphatic heterocycles. The summed E-state index contributed by atoms with van der Waals surface area (Å²) in [7, 11) is 0. The Morgan fingerprint density at radius 1 is 0.253 bits per heavy atom. The molecule has 0 amide bonds. The van der Waals surface area contributed by atoms with Crippen molar-refractivity contribution in [2.24, 2.45) is 0 Å². The van der Waals surface area contributed by atoms with Gasteiger partial charge in [-0.25, -0.2) is 0 Å². The van der Waals surface area contributed by atoms with E-state index in [4.69, 9.17) is 14.2 Å². The Labute approximate surface area is 515 Å². The Balaban J connectivity index is 4.42. The summed E-state index contributed by atoms with van der Waals surface area (Å²) >= 11 is 0. The summed E-state index contributed by atoms with van der Waals surface area (Å²) in [5.74, 6) is -0.902. The quantitative estimate of drug-likeness (QED) is 0.0261. The number of allylic oxidation sites excluding steroid dienone is 16. The predicted molar refractivity (Wildman–Crippen MR) is 362 cm³/mol. The second-order valence-corrected chi connectivity index (χ2v) is 23.8. The standard InChI is InChI=1S/C77H134O6/c1-4-7-10-13-16-19-22-25-28-31-34-37-38-41-43-46-49-52-55-58-61-64-67-70-76(79)82-73-74(83-77(80)71-68-65-62-59-56-53-50-47-44-40-36-33-30-27-24-21-18-15-12-9-6-3)72-81-75(78)69-66-63-60-57-54-51-48-45-42-39-35-32-29-26-23-20-17-14-11-8-5-2/h9,12,18,21,23,26-27,30,32,35-36,40,42,45,47,50,74H,4-8,10-11,13-17,19-20,22,24-25,28-29,31,33-34,37-39,41,43-44,46,48-49,51-73H2,1-3H3/b12-9-,21-18-,26-23-,30-27-,35-32-,40-36-,45-42-,50-47-. The van der Waals surface area contributed by atoms with Crippen molar-refractivity contribution in [1.82, 2.24) is 0 Å². The number of unbranched alkanes of at least 4 members (excludes halogenated alkanes) is 38. The molecule has 0 saturated carbocycles. The highest BCUT2D eigenvalue weighted by molar-refractivity contribution is 5.71. The first-order valence-corrected chi connectivity index (χ1v) is 35.7. The van der Waals surface area contributed by atoms with Gasteiger partial charge in [0.05, 0.1) is 0 Å². The van der Waals surface area contributed by atoms with Crippen LogP contribution in [-0.4, -0.2) is 37.2 Å². The van der Waals surface area contributed by atoms with Crippen LogP contribution in [0.4, 0.5) is 0 Å². The van der Waals surface area contributed by atoms with Crippen molar-refractivity contribution < 1.29 is 28.6 Å². The molecule has 0 aromatic heterocycles. The maximum atomic E-state index is 13.0. The molecule has 478 valence electrons. The fourth-order valence-electron chi connectivity index (χ4n) is 10.2. The predicted octanol–water partition coefficient (Wildman–Crippen LogP) is 24.8. The van der Waals surface area contributed by atoms with Crippen LogP contribution in [0.25, 0.3) is 0 Å². The molecule has 1 atom stereocenters. The first-order valence-electron chi connectivity index (χ1n) is 35.7.